The Labute approximate surface area is 143 Å². The lowest BCUT2D eigenvalue weighted by atomic mass is 10.1. The first-order valence-corrected chi connectivity index (χ1v) is 9.10. The van der Waals surface area contributed by atoms with Crippen LogP contribution < -0.4 is 9.46 Å². The van der Waals surface area contributed by atoms with Crippen LogP contribution in [0.25, 0.3) is 0 Å². The second kappa shape index (κ2) is 7.00. The van der Waals surface area contributed by atoms with Gasteiger partial charge in [0, 0.05) is 10.5 Å². The highest BCUT2D eigenvalue weighted by Gasteiger charge is 2.19. The van der Waals surface area contributed by atoms with E-state index in [2.05, 4.69) is 20.7 Å². The van der Waals surface area contributed by atoms with Gasteiger partial charge >= 0.3 is 0 Å². The zero-order chi connectivity index (χ0) is 16.3. The van der Waals surface area contributed by atoms with Crippen molar-refractivity contribution in [2.45, 2.75) is 17.9 Å². The zero-order valence-electron chi connectivity index (χ0n) is 12.0. The normalized spacial score (nSPS) is 12.9. The maximum atomic E-state index is 12.4. The van der Waals surface area contributed by atoms with Gasteiger partial charge in [-0.15, -0.1) is 0 Å². The second-order valence-electron chi connectivity index (χ2n) is 4.69. The predicted octanol–water partition coefficient (Wildman–Crippen LogP) is 4.15. The molecule has 2 aromatic rings. The minimum atomic E-state index is -3.67. The predicted molar refractivity (Wildman–Crippen MR) is 90.9 cm³/mol. The molecular weight excluding hydrogens is 390 g/mol. The van der Waals surface area contributed by atoms with Crippen LogP contribution in [0.5, 0.6) is 5.75 Å². The lowest BCUT2D eigenvalue weighted by Gasteiger charge is -2.15. The molecule has 0 bridgehead atoms. The van der Waals surface area contributed by atoms with Gasteiger partial charge in [-0.05, 0) is 42.8 Å². The number of hydrogen-bond acceptors (Lipinski definition) is 3. The summed E-state index contributed by atoms with van der Waals surface area (Å²) in [6.07, 6.45) is 0. The van der Waals surface area contributed by atoms with E-state index in [4.69, 9.17) is 16.3 Å². The van der Waals surface area contributed by atoms with Crippen LogP contribution in [-0.2, 0) is 10.0 Å². The molecule has 0 radical (unpaired) electrons. The average molecular weight is 405 g/mol. The number of benzene rings is 2. The molecule has 1 N–H and O–H groups in total. The summed E-state index contributed by atoms with van der Waals surface area (Å²) >= 11 is 9.33. The summed E-state index contributed by atoms with van der Waals surface area (Å²) < 4.78 is 33.4. The molecule has 0 aliphatic carbocycles. The van der Waals surface area contributed by atoms with Gasteiger partial charge in [0.25, 0.3) is 0 Å². The van der Waals surface area contributed by atoms with E-state index in [1.165, 1.54) is 25.3 Å². The van der Waals surface area contributed by atoms with E-state index in [1.807, 2.05) is 24.3 Å². The zero-order valence-corrected chi connectivity index (χ0v) is 15.2. The van der Waals surface area contributed by atoms with E-state index < -0.39 is 10.0 Å². The molecule has 118 valence electrons. The Morgan fingerprint density at radius 2 is 1.82 bits per heavy atom. The number of rotatable bonds is 5. The van der Waals surface area contributed by atoms with Gasteiger partial charge in [-0.25, -0.2) is 13.1 Å². The third kappa shape index (κ3) is 4.01. The van der Waals surface area contributed by atoms with Crippen molar-refractivity contribution in [1.82, 2.24) is 4.72 Å². The van der Waals surface area contributed by atoms with Crippen LogP contribution in [0.3, 0.4) is 0 Å². The largest absolute Gasteiger partial charge is 0.495 e. The summed E-state index contributed by atoms with van der Waals surface area (Å²) in [4.78, 5) is 0.0993. The van der Waals surface area contributed by atoms with Gasteiger partial charge in [-0.2, -0.15) is 0 Å². The molecule has 4 nitrogen and oxygen atoms in total. The molecule has 0 saturated heterocycles. The average Bonchev–Trinajstić information content (AvgIpc) is 2.47. The van der Waals surface area contributed by atoms with Crippen molar-refractivity contribution in [3.05, 3.63) is 57.5 Å². The quantitative estimate of drug-likeness (QED) is 0.814. The maximum Gasteiger partial charge on any atom is 0.241 e. The Bertz CT molecular complexity index is 763. The number of halogens is 2. The van der Waals surface area contributed by atoms with Gasteiger partial charge in [0.2, 0.25) is 10.0 Å². The minimum Gasteiger partial charge on any atom is -0.495 e. The van der Waals surface area contributed by atoms with Crippen molar-refractivity contribution in [1.29, 1.82) is 0 Å². The SMILES string of the molecule is COc1ccc(S(=O)(=O)N[C@H](C)c2ccc(Br)cc2)cc1Cl. The first-order valence-electron chi connectivity index (χ1n) is 6.45. The fourth-order valence-corrected chi connectivity index (χ4v) is 3.78. The fraction of sp³-hybridized carbons (Fsp3) is 0.200. The molecule has 7 heteroatoms. The Morgan fingerprint density at radius 3 is 2.36 bits per heavy atom. The lowest BCUT2D eigenvalue weighted by Crippen LogP contribution is -2.26. The van der Waals surface area contributed by atoms with E-state index in [0.717, 1.165) is 10.0 Å². The summed E-state index contributed by atoms with van der Waals surface area (Å²) in [5.74, 6) is 0.432. The molecule has 0 aromatic heterocycles. The van der Waals surface area contributed by atoms with Gasteiger partial charge in [0.15, 0.2) is 0 Å². The molecule has 0 unspecified atom stereocenters. The Balaban J connectivity index is 2.23. The highest BCUT2D eigenvalue weighted by atomic mass is 79.9. The number of nitrogens with one attached hydrogen (secondary N) is 1. The smallest absolute Gasteiger partial charge is 0.241 e. The molecule has 22 heavy (non-hydrogen) atoms. The van der Waals surface area contributed by atoms with Gasteiger partial charge in [-0.3, -0.25) is 0 Å². The molecular formula is C15H15BrClNO3S. The number of ether oxygens (including phenoxy) is 1. The second-order valence-corrected chi connectivity index (χ2v) is 7.73. The minimum absolute atomic E-state index is 0.0993. The molecule has 0 spiro atoms. The molecule has 1 atom stereocenters. The Kier molecular flexibility index (Phi) is 5.50. The molecule has 0 aliphatic heterocycles. The summed E-state index contributed by atoms with van der Waals surface area (Å²) in [5.41, 5.74) is 0.867. The molecule has 0 aliphatic rings. The third-order valence-electron chi connectivity index (χ3n) is 3.14. The van der Waals surface area contributed by atoms with Crippen LogP contribution in [0.4, 0.5) is 0 Å². The van der Waals surface area contributed by atoms with Gasteiger partial charge in [0.1, 0.15) is 5.75 Å². The number of hydrogen-bond donors (Lipinski definition) is 1. The monoisotopic (exact) mass is 403 g/mol. The van der Waals surface area contributed by atoms with Crippen molar-refractivity contribution in [3.8, 4) is 5.75 Å². The fourth-order valence-electron chi connectivity index (χ4n) is 1.93. The number of methoxy groups -OCH3 is 1. The van der Waals surface area contributed by atoms with Crippen molar-refractivity contribution < 1.29 is 13.2 Å². The van der Waals surface area contributed by atoms with E-state index >= 15 is 0 Å². The first kappa shape index (κ1) is 17.3. The van der Waals surface area contributed by atoms with E-state index in [9.17, 15) is 8.42 Å². The highest BCUT2D eigenvalue weighted by molar-refractivity contribution is 9.10. The third-order valence-corrected chi connectivity index (χ3v) is 5.50. The van der Waals surface area contributed by atoms with Gasteiger partial charge in [0.05, 0.1) is 17.0 Å². The van der Waals surface area contributed by atoms with Crippen LogP contribution in [0.1, 0.15) is 18.5 Å². The van der Waals surface area contributed by atoms with E-state index in [0.29, 0.717) is 5.75 Å². The first-order chi connectivity index (χ1) is 10.3. The molecule has 0 heterocycles. The van der Waals surface area contributed by atoms with E-state index in [-0.39, 0.29) is 16.0 Å². The van der Waals surface area contributed by atoms with Crippen molar-refractivity contribution >= 4 is 37.6 Å². The highest BCUT2D eigenvalue weighted by Crippen LogP contribution is 2.27. The number of sulfonamides is 1. The molecule has 0 amide bonds. The van der Waals surface area contributed by atoms with E-state index in [1.54, 1.807) is 6.92 Å². The van der Waals surface area contributed by atoms with Crippen LogP contribution in [0.2, 0.25) is 5.02 Å². The van der Waals surface area contributed by atoms with Crippen molar-refractivity contribution in [2.24, 2.45) is 0 Å². The summed E-state index contributed by atoms with van der Waals surface area (Å²) in [7, 11) is -2.19. The standard InChI is InChI=1S/C15H15BrClNO3S/c1-10(11-3-5-12(16)6-4-11)18-22(19,20)13-7-8-15(21-2)14(17)9-13/h3-10,18H,1-2H3/t10-/m1/s1. The molecule has 2 aromatic carbocycles. The van der Waals surface area contributed by atoms with Gasteiger partial charge in [-0.1, -0.05) is 39.7 Å². The maximum absolute atomic E-state index is 12.4. The van der Waals surface area contributed by atoms with Crippen LogP contribution in [-0.4, -0.2) is 15.5 Å². The molecule has 0 saturated carbocycles. The molecule has 2 rings (SSSR count). The lowest BCUT2D eigenvalue weighted by molar-refractivity contribution is 0.414. The van der Waals surface area contributed by atoms with Crippen LogP contribution >= 0.6 is 27.5 Å². The summed E-state index contributed by atoms with van der Waals surface area (Å²) in [6.45, 7) is 1.78. The van der Waals surface area contributed by atoms with Crippen LogP contribution in [0.15, 0.2) is 51.8 Å². The van der Waals surface area contributed by atoms with Crippen LogP contribution in [0, 0.1) is 0 Å². The topological polar surface area (TPSA) is 55.4 Å². The summed E-state index contributed by atoms with van der Waals surface area (Å²) in [6, 6.07) is 11.4. The van der Waals surface area contributed by atoms with Gasteiger partial charge < -0.3 is 4.74 Å². The Morgan fingerprint density at radius 1 is 1.18 bits per heavy atom. The Hall–Kier alpha value is -1.08. The summed E-state index contributed by atoms with van der Waals surface area (Å²) in [5, 5.41) is 0.252. The van der Waals surface area contributed by atoms with Crippen molar-refractivity contribution in [2.75, 3.05) is 7.11 Å². The molecule has 0 fully saturated rings. The van der Waals surface area contributed by atoms with Crippen molar-refractivity contribution in [3.63, 3.8) is 0 Å².